The van der Waals surface area contributed by atoms with Crippen LogP contribution in [-0.4, -0.2) is 22.1 Å². The summed E-state index contributed by atoms with van der Waals surface area (Å²) in [6.45, 7) is 0.162. The minimum Gasteiger partial charge on any atom is -0.380 e. The summed E-state index contributed by atoms with van der Waals surface area (Å²) in [4.78, 5) is 0.149. The standard InChI is InChI=1S/C10H9FO3S/c1-14-5-7-6-15(12,13)10-3-2-8(11)4-9(7)10/h2-4,6H,5H2,1H3. The number of ether oxygens (including phenoxy) is 1. The summed E-state index contributed by atoms with van der Waals surface area (Å²) in [6, 6.07) is 3.63. The van der Waals surface area contributed by atoms with Gasteiger partial charge < -0.3 is 4.74 Å². The second kappa shape index (κ2) is 3.43. The second-order valence-corrected chi connectivity index (χ2v) is 5.03. The fourth-order valence-electron chi connectivity index (χ4n) is 1.58. The first-order valence-corrected chi connectivity index (χ1v) is 5.84. The molecule has 2 rings (SSSR count). The van der Waals surface area contributed by atoms with E-state index in [-0.39, 0.29) is 11.5 Å². The molecule has 80 valence electrons. The number of methoxy groups -OCH3 is 1. The lowest BCUT2D eigenvalue weighted by molar-refractivity contribution is 0.239. The molecule has 0 bridgehead atoms. The van der Waals surface area contributed by atoms with Crippen LogP contribution in [0.4, 0.5) is 4.39 Å². The van der Waals surface area contributed by atoms with Crippen LogP contribution in [0.2, 0.25) is 0 Å². The predicted octanol–water partition coefficient (Wildman–Crippen LogP) is 1.60. The van der Waals surface area contributed by atoms with Crippen LogP contribution >= 0.6 is 0 Å². The molecular weight excluding hydrogens is 219 g/mol. The molecule has 15 heavy (non-hydrogen) atoms. The number of fused-ring (bicyclic) bond motifs is 1. The highest BCUT2D eigenvalue weighted by Crippen LogP contribution is 2.33. The third-order valence-corrected chi connectivity index (χ3v) is 3.76. The highest BCUT2D eigenvalue weighted by molar-refractivity contribution is 7.95. The molecule has 0 atom stereocenters. The van der Waals surface area contributed by atoms with Crippen molar-refractivity contribution in [2.45, 2.75) is 4.90 Å². The third kappa shape index (κ3) is 1.68. The Kier molecular flexibility index (Phi) is 2.36. The van der Waals surface area contributed by atoms with Crippen molar-refractivity contribution in [3.8, 4) is 0 Å². The topological polar surface area (TPSA) is 43.4 Å². The quantitative estimate of drug-likeness (QED) is 0.722. The van der Waals surface area contributed by atoms with E-state index in [9.17, 15) is 12.8 Å². The van der Waals surface area contributed by atoms with E-state index in [0.717, 1.165) is 11.5 Å². The summed E-state index contributed by atoms with van der Waals surface area (Å²) in [5.74, 6) is -0.451. The second-order valence-electron chi connectivity index (χ2n) is 3.26. The summed E-state index contributed by atoms with van der Waals surface area (Å²) in [7, 11) is -1.94. The predicted molar refractivity (Wildman–Crippen MR) is 53.4 cm³/mol. The molecule has 0 amide bonds. The minimum absolute atomic E-state index is 0.149. The van der Waals surface area contributed by atoms with E-state index >= 15 is 0 Å². The van der Waals surface area contributed by atoms with Crippen LogP contribution in [0.5, 0.6) is 0 Å². The molecule has 0 saturated carbocycles. The molecule has 1 aliphatic rings. The van der Waals surface area contributed by atoms with Crippen molar-refractivity contribution >= 4 is 15.4 Å². The van der Waals surface area contributed by atoms with Gasteiger partial charge in [-0.25, -0.2) is 12.8 Å². The summed E-state index contributed by atoms with van der Waals surface area (Å²) >= 11 is 0. The maximum Gasteiger partial charge on any atom is 0.200 e. The van der Waals surface area contributed by atoms with Gasteiger partial charge in [-0.3, -0.25) is 0 Å². The molecule has 0 spiro atoms. The number of hydrogen-bond acceptors (Lipinski definition) is 3. The smallest absolute Gasteiger partial charge is 0.200 e. The Morgan fingerprint density at radius 3 is 2.80 bits per heavy atom. The molecule has 0 N–H and O–H groups in total. The van der Waals surface area contributed by atoms with Crippen LogP contribution in [-0.2, 0) is 14.6 Å². The monoisotopic (exact) mass is 228 g/mol. The number of hydrogen-bond donors (Lipinski definition) is 0. The molecule has 1 aromatic rings. The van der Waals surface area contributed by atoms with Crippen molar-refractivity contribution in [3.63, 3.8) is 0 Å². The van der Waals surface area contributed by atoms with Gasteiger partial charge in [-0.2, -0.15) is 0 Å². The van der Waals surface area contributed by atoms with Gasteiger partial charge in [-0.15, -0.1) is 0 Å². The first-order chi connectivity index (χ1) is 7.04. The largest absolute Gasteiger partial charge is 0.380 e. The molecule has 1 aromatic carbocycles. The van der Waals surface area contributed by atoms with E-state index < -0.39 is 15.7 Å². The van der Waals surface area contributed by atoms with Crippen molar-refractivity contribution in [1.29, 1.82) is 0 Å². The van der Waals surface area contributed by atoms with Gasteiger partial charge in [0, 0.05) is 18.1 Å². The SMILES string of the molecule is COCC1=CS(=O)(=O)c2ccc(F)cc21. The van der Waals surface area contributed by atoms with Crippen molar-refractivity contribution in [2.24, 2.45) is 0 Å². The Morgan fingerprint density at radius 1 is 1.40 bits per heavy atom. The summed E-state index contributed by atoms with van der Waals surface area (Å²) in [5, 5.41) is 1.13. The number of rotatable bonds is 2. The number of sulfone groups is 1. The molecule has 0 saturated heterocycles. The zero-order valence-electron chi connectivity index (χ0n) is 8.03. The zero-order chi connectivity index (χ0) is 11.1. The fraction of sp³-hybridized carbons (Fsp3) is 0.200. The van der Waals surface area contributed by atoms with E-state index in [1.54, 1.807) is 0 Å². The first-order valence-electron chi connectivity index (χ1n) is 4.29. The molecule has 1 aliphatic heterocycles. The molecule has 0 fully saturated rings. The van der Waals surface area contributed by atoms with Gasteiger partial charge in [0.15, 0.2) is 0 Å². The lowest BCUT2D eigenvalue weighted by Crippen LogP contribution is -1.94. The van der Waals surface area contributed by atoms with Crippen LogP contribution in [0.3, 0.4) is 0 Å². The van der Waals surface area contributed by atoms with Gasteiger partial charge in [-0.1, -0.05) is 0 Å². The first kappa shape index (κ1) is 10.3. The molecule has 0 unspecified atom stereocenters. The highest BCUT2D eigenvalue weighted by atomic mass is 32.2. The van der Waals surface area contributed by atoms with E-state index in [1.165, 1.54) is 19.2 Å². The molecule has 5 heteroatoms. The van der Waals surface area contributed by atoms with E-state index in [2.05, 4.69) is 0 Å². The third-order valence-electron chi connectivity index (χ3n) is 2.19. The van der Waals surface area contributed by atoms with Crippen LogP contribution < -0.4 is 0 Å². The molecule has 3 nitrogen and oxygen atoms in total. The van der Waals surface area contributed by atoms with Gasteiger partial charge in [0.1, 0.15) is 5.82 Å². The Labute approximate surface area is 87.1 Å². The van der Waals surface area contributed by atoms with Crippen molar-refractivity contribution < 1.29 is 17.5 Å². The summed E-state index contributed by atoms with van der Waals surface area (Å²) in [5.41, 5.74) is 0.892. The average molecular weight is 228 g/mol. The lowest BCUT2D eigenvalue weighted by Gasteiger charge is -2.02. The molecule has 0 aromatic heterocycles. The maximum atomic E-state index is 13.0. The number of benzene rings is 1. The average Bonchev–Trinajstić information content (AvgIpc) is 2.39. The van der Waals surface area contributed by atoms with Gasteiger partial charge in [-0.05, 0) is 23.8 Å². The van der Waals surface area contributed by atoms with Gasteiger partial charge in [0.05, 0.1) is 11.5 Å². The van der Waals surface area contributed by atoms with Gasteiger partial charge in [0.2, 0.25) is 9.84 Å². The van der Waals surface area contributed by atoms with E-state index in [0.29, 0.717) is 11.1 Å². The normalized spacial score (nSPS) is 17.3. The van der Waals surface area contributed by atoms with Crippen LogP contribution in [0.25, 0.3) is 5.57 Å². The zero-order valence-corrected chi connectivity index (χ0v) is 8.84. The Bertz CT molecular complexity index is 532. The van der Waals surface area contributed by atoms with Crippen LogP contribution in [0.15, 0.2) is 28.5 Å². The van der Waals surface area contributed by atoms with Gasteiger partial charge in [0.25, 0.3) is 0 Å². The molecule has 1 heterocycles. The maximum absolute atomic E-state index is 13.0. The molecule has 0 aliphatic carbocycles. The van der Waals surface area contributed by atoms with Crippen molar-refractivity contribution in [1.82, 2.24) is 0 Å². The fourth-order valence-corrected chi connectivity index (χ4v) is 3.03. The highest BCUT2D eigenvalue weighted by Gasteiger charge is 2.26. The molecule has 0 radical (unpaired) electrons. The Morgan fingerprint density at radius 2 is 2.13 bits per heavy atom. The lowest BCUT2D eigenvalue weighted by atomic mass is 10.1. The Balaban J connectivity index is 2.63. The molecular formula is C10H9FO3S. The summed E-state index contributed by atoms with van der Waals surface area (Å²) in [6.07, 6.45) is 0. The van der Waals surface area contributed by atoms with Crippen molar-refractivity contribution in [2.75, 3.05) is 13.7 Å². The van der Waals surface area contributed by atoms with Crippen LogP contribution in [0.1, 0.15) is 5.56 Å². The van der Waals surface area contributed by atoms with E-state index in [1.807, 2.05) is 0 Å². The minimum atomic E-state index is -3.40. The van der Waals surface area contributed by atoms with E-state index in [4.69, 9.17) is 4.74 Å². The summed E-state index contributed by atoms with van der Waals surface area (Å²) < 4.78 is 41.0. The number of halogens is 1. The van der Waals surface area contributed by atoms with Gasteiger partial charge >= 0.3 is 0 Å². The Hall–Kier alpha value is -1.20. The van der Waals surface area contributed by atoms with Crippen LogP contribution in [0, 0.1) is 5.82 Å². The van der Waals surface area contributed by atoms with Crippen molar-refractivity contribution in [3.05, 3.63) is 35.0 Å².